The van der Waals surface area contributed by atoms with Crippen LogP contribution in [0.5, 0.6) is 0 Å². The summed E-state index contributed by atoms with van der Waals surface area (Å²) in [5, 5.41) is 8.12. The Morgan fingerprint density at radius 3 is 2.62 bits per heavy atom. The Bertz CT molecular complexity index is 1030. The van der Waals surface area contributed by atoms with Crippen LogP contribution < -0.4 is 5.32 Å². The summed E-state index contributed by atoms with van der Waals surface area (Å²) in [6, 6.07) is 20.8. The average Bonchev–Trinajstić information content (AvgIpc) is 3.07. The van der Waals surface area contributed by atoms with Crippen LogP contribution in [0.3, 0.4) is 0 Å². The Labute approximate surface area is 153 Å². The van der Waals surface area contributed by atoms with Crippen molar-refractivity contribution in [2.45, 2.75) is 26.7 Å². The lowest BCUT2D eigenvalue weighted by Crippen LogP contribution is -2.04. The van der Waals surface area contributed by atoms with Gasteiger partial charge in [-0.2, -0.15) is 9.61 Å². The zero-order valence-electron chi connectivity index (χ0n) is 15.1. The number of aromatic nitrogens is 3. The number of nitrogens with zero attached hydrogens (tertiary/aromatic N) is 3. The van der Waals surface area contributed by atoms with E-state index in [9.17, 15) is 0 Å². The Kier molecular flexibility index (Phi) is 4.40. The van der Waals surface area contributed by atoms with Crippen LogP contribution >= 0.6 is 0 Å². The molecule has 4 heteroatoms. The molecule has 130 valence electrons. The molecule has 4 rings (SSSR count). The topological polar surface area (TPSA) is 42.2 Å². The van der Waals surface area contributed by atoms with Gasteiger partial charge >= 0.3 is 0 Å². The zero-order chi connectivity index (χ0) is 17.9. The van der Waals surface area contributed by atoms with Crippen LogP contribution in [0.1, 0.15) is 24.6 Å². The first-order valence-corrected chi connectivity index (χ1v) is 9.01. The zero-order valence-corrected chi connectivity index (χ0v) is 15.1. The lowest BCUT2D eigenvalue weighted by atomic mass is 10.1. The van der Waals surface area contributed by atoms with Gasteiger partial charge in [-0.15, -0.1) is 0 Å². The molecule has 4 nitrogen and oxygen atoms in total. The normalized spacial score (nSPS) is 11.0. The van der Waals surface area contributed by atoms with Crippen LogP contribution in [-0.4, -0.2) is 14.6 Å². The van der Waals surface area contributed by atoms with Crippen molar-refractivity contribution in [2.75, 3.05) is 5.32 Å². The van der Waals surface area contributed by atoms with Gasteiger partial charge in [0, 0.05) is 23.0 Å². The first-order chi connectivity index (χ1) is 12.7. The first-order valence-electron chi connectivity index (χ1n) is 9.01. The molecule has 2 aromatic heterocycles. The summed E-state index contributed by atoms with van der Waals surface area (Å²) in [6.45, 7) is 4.27. The van der Waals surface area contributed by atoms with Crippen LogP contribution in [-0.2, 0) is 6.42 Å². The second kappa shape index (κ2) is 7.00. The first kappa shape index (κ1) is 16.3. The number of hydrogen-bond donors (Lipinski definition) is 1. The molecule has 0 unspecified atom stereocenters. The van der Waals surface area contributed by atoms with Gasteiger partial charge in [-0.25, -0.2) is 4.98 Å². The molecule has 0 saturated heterocycles. The highest BCUT2D eigenvalue weighted by molar-refractivity contribution is 5.78. The fraction of sp³-hybridized carbons (Fsp3) is 0.182. The molecule has 4 aromatic rings. The lowest BCUT2D eigenvalue weighted by Gasteiger charge is -2.11. The molecule has 26 heavy (non-hydrogen) atoms. The molecule has 2 heterocycles. The van der Waals surface area contributed by atoms with Gasteiger partial charge in [-0.1, -0.05) is 55.8 Å². The van der Waals surface area contributed by atoms with Gasteiger partial charge in [0.2, 0.25) is 0 Å². The number of benzene rings is 2. The van der Waals surface area contributed by atoms with E-state index in [1.807, 2.05) is 28.9 Å². The summed E-state index contributed by atoms with van der Waals surface area (Å²) >= 11 is 0. The molecule has 0 bridgehead atoms. The highest BCUT2D eigenvalue weighted by Crippen LogP contribution is 2.27. The van der Waals surface area contributed by atoms with E-state index in [-0.39, 0.29) is 0 Å². The monoisotopic (exact) mass is 342 g/mol. The third-order valence-corrected chi connectivity index (χ3v) is 4.41. The molecule has 0 aliphatic heterocycles. The molecule has 2 aromatic carbocycles. The maximum absolute atomic E-state index is 4.88. The van der Waals surface area contributed by atoms with Gasteiger partial charge in [-0.3, -0.25) is 0 Å². The standard InChI is InChI=1S/C22H22N4/c1-3-8-18-14-21(24-19-12-7-9-16(2)13-19)26-22(25-18)20(15-23-26)17-10-5-4-6-11-17/h4-7,9-15,24H,3,8H2,1-2H3. The summed E-state index contributed by atoms with van der Waals surface area (Å²) in [5.74, 6) is 0.936. The summed E-state index contributed by atoms with van der Waals surface area (Å²) in [4.78, 5) is 4.88. The van der Waals surface area contributed by atoms with Crippen molar-refractivity contribution in [3.05, 3.63) is 78.1 Å². The van der Waals surface area contributed by atoms with Crippen LogP contribution in [0.4, 0.5) is 11.5 Å². The number of fused-ring (bicyclic) bond motifs is 1. The van der Waals surface area contributed by atoms with E-state index in [0.717, 1.165) is 46.8 Å². The number of hydrogen-bond acceptors (Lipinski definition) is 3. The molecule has 0 saturated carbocycles. The second-order valence-electron chi connectivity index (χ2n) is 6.54. The van der Waals surface area contributed by atoms with Crippen LogP contribution in [0.2, 0.25) is 0 Å². The molecule has 0 spiro atoms. The molecule has 0 radical (unpaired) electrons. The predicted octanol–water partition coefficient (Wildman–Crippen LogP) is 5.40. The molecular formula is C22H22N4. The van der Waals surface area contributed by atoms with Gasteiger partial charge in [0.25, 0.3) is 0 Å². The molecular weight excluding hydrogens is 320 g/mol. The van der Waals surface area contributed by atoms with E-state index in [0.29, 0.717) is 0 Å². The van der Waals surface area contributed by atoms with E-state index < -0.39 is 0 Å². The van der Waals surface area contributed by atoms with E-state index in [1.54, 1.807) is 0 Å². The Balaban J connectivity index is 1.85. The molecule has 0 amide bonds. The van der Waals surface area contributed by atoms with Crippen molar-refractivity contribution in [1.29, 1.82) is 0 Å². The highest BCUT2D eigenvalue weighted by Gasteiger charge is 2.13. The minimum atomic E-state index is 0.886. The lowest BCUT2D eigenvalue weighted by molar-refractivity contribution is 0.862. The van der Waals surface area contributed by atoms with Gasteiger partial charge in [0.15, 0.2) is 5.65 Å². The summed E-state index contributed by atoms with van der Waals surface area (Å²) in [6.07, 6.45) is 3.90. The Morgan fingerprint density at radius 2 is 1.85 bits per heavy atom. The Hall–Kier alpha value is -3.14. The van der Waals surface area contributed by atoms with Crippen molar-refractivity contribution in [2.24, 2.45) is 0 Å². The number of nitrogens with one attached hydrogen (secondary N) is 1. The van der Waals surface area contributed by atoms with Crippen molar-refractivity contribution >= 4 is 17.2 Å². The Morgan fingerprint density at radius 1 is 1.00 bits per heavy atom. The van der Waals surface area contributed by atoms with Crippen molar-refractivity contribution in [3.63, 3.8) is 0 Å². The molecule has 0 fully saturated rings. The predicted molar refractivity (Wildman–Crippen MR) is 107 cm³/mol. The van der Waals surface area contributed by atoms with Gasteiger partial charge in [-0.05, 0) is 36.6 Å². The minimum Gasteiger partial charge on any atom is -0.340 e. The quantitative estimate of drug-likeness (QED) is 0.528. The van der Waals surface area contributed by atoms with E-state index >= 15 is 0 Å². The maximum Gasteiger partial charge on any atom is 0.165 e. The molecule has 0 aliphatic carbocycles. The summed E-state index contributed by atoms with van der Waals surface area (Å²) < 4.78 is 1.89. The smallest absolute Gasteiger partial charge is 0.165 e. The fourth-order valence-corrected chi connectivity index (χ4v) is 3.18. The summed E-state index contributed by atoms with van der Waals surface area (Å²) in [7, 11) is 0. The van der Waals surface area contributed by atoms with Gasteiger partial charge < -0.3 is 5.32 Å². The van der Waals surface area contributed by atoms with Crippen molar-refractivity contribution in [3.8, 4) is 11.1 Å². The van der Waals surface area contributed by atoms with Crippen molar-refractivity contribution < 1.29 is 0 Å². The molecule has 0 atom stereocenters. The summed E-state index contributed by atoms with van der Waals surface area (Å²) in [5.41, 5.74) is 6.42. The molecule has 1 N–H and O–H groups in total. The fourth-order valence-electron chi connectivity index (χ4n) is 3.18. The van der Waals surface area contributed by atoms with E-state index in [1.165, 1.54) is 5.56 Å². The third kappa shape index (κ3) is 3.18. The van der Waals surface area contributed by atoms with Crippen LogP contribution in [0.15, 0.2) is 66.9 Å². The van der Waals surface area contributed by atoms with Crippen LogP contribution in [0, 0.1) is 6.92 Å². The van der Waals surface area contributed by atoms with E-state index in [4.69, 9.17) is 4.98 Å². The number of aryl methyl sites for hydroxylation is 2. The second-order valence-corrected chi connectivity index (χ2v) is 6.54. The maximum atomic E-state index is 4.88. The van der Waals surface area contributed by atoms with Crippen molar-refractivity contribution in [1.82, 2.24) is 14.6 Å². The average molecular weight is 342 g/mol. The SMILES string of the molecule is CCCc1cc(Nc2cccc(C)c2)n2ncc(-c3ccccc3)c2n1. The molecule has 0 aliphatic rings. The number of anilines is 2. The third-order valence-electron chi connectivity index (χ3n) is 4.41. The van der Waals surface area contributed by atoms with E-state index in [2.05, 4.69) is 66.7 Å². The van der Waals surface area contributed by atoms with Gasteiger partial charge in [0.05, 0.1) is 6.20 Å². The van der Waals surface area contributed by atoms with Crippen LogP contribution in [0.25, 0.3) is 16.8 Å². The number of rotatable bonds is 5. The largest absolute Gasteiger partial charge is 0.340 e. The minimum absolute atomic E-state index is 0.886. The highest BCUT2D eigenvalue weighted by atomic mass is 15.3. The van der Waals surface area contributed by atoms with Gasteiger partial charge in [0.1, 0.15) is 5.82 Å².